The molecule has 0 saturated heterocycles. The maximum absolute atomic E-state index is 12.7. The van der Waals surface area contributed by atoms with Crippen LogP contribution in [-0.4, -0.2) is 65.5 Å². The van der Waals surface area contributed by atoms with Gasteiger partial charge in [0.2, 0.25) is 17.8 Å². The smallest absolute Gasteiger partial charge is 0.247 e. The van der Waals surface area contributed by atoms with Crippen molar-refractivity contribution < 1.29 is 14.3 Å². The molecule has 2 heterocycles. The van der Waals surface area contributed by atoms with Gasteiger partial charge >= 0.3 is 0 Å². The van der Waals surface area contributed by atoms with Crippen LogP contribution in [0.25, 0.3) is 22.2 Å². The first kappa shape index (κ1) is 30.1. The molecule has 0 bridgehead atoms. The molecule has 42 heavy (non-hydrogen) atoms. The van der Waals surface area contributed by atoms with Crippen molar-refractivity contribution in [2.24, 2.45) is 12.5 Å². The van der Waals surface area contributed by atoms with Gasteiger partial charge in [-0.15, -0.1) is 0 Å². The predicted molar refractivity (Wildman–Crippen MR) is 169 cm³/mol. The Hall–Kier alpha value is -4.86. The Morgan fingerprint density at radius 3 is 2.52 bits per heavy atom. The average molecular weight is 570 g/mol. The van der Waals surface area contributed by atoms with Crippen LogP contribution in [-0.2, 0) is 16.6 Å². The van der Waals surface area contributed by atoms with Crippen molar-refractivity contribution in [3.8, 4) is 17.0 Å². The molecule has 0 saturated carbocycles. The fourth-order valence-corrected chi connectivity index (χ4v) is 4.77. The summed E-state index contributed by atoms with van der Waals surface area (Å²) in [5.41, 5.74) is 4.24. The number of carbonyl (C=O) groups excluding carboxylic acids is 2. The number of rotatable bonds is 10. The van der Waals surface area contributed by atoms with Crippen LogP contribution in [0.2, 0.25) is 0 Å². The number of hydrogen-bond donors (Lipinski definition) is 2. The number of carbonyl (C=O) groups is 2. The Morgan fingerprint density at radius 1 is 1.10 bits per heavy atom. The van der Waals surface area contributed by atoms with Crippen molar-refractivity contribution >= 4 is 45.7 Å². The number of para-hydroxylation sites is 1. The lowest BCUT2D eigenvalue weighted by molar-refractivity contribution is -0.137. The Labute approximate surface area is 247 Å². The van der Waals surface area contributed by atoms with E-state index in [9.17, 15) is 9.59 Å². The molecule has 0 unspecified atom stereocenters. The van der Waals surface area contributed by atoms with Crippen LogP contribution >= 0.6 is 0 Å². The Kier molecular flexibility index (Phi) is 8.84. The number of anilines is 4. The van der Waals surface area contributed by atoms with Gasteiger partial charge in [0.1, 0.15) is 5.75 Å². The molecule has 220 valence electrons. The second-order valence-corrected chi connectivity index (χ2v) is 11.2. The quantitative estimate of drug-likeness (QED) is 0.245. The van der Waals surface area contributed by atoms with Crippen LogP contribution < -0.4 is 20.3 Å². The average Bonchev–Trinajstić information content (AvgIpc) is 3.31. The molecule has 2 aromatic heterocycles. The molecule has 0 radical (unpaired) electrons. The first-order chi connectivity index (χ1) is 19.9. The van der Waals surface area contributed by atoms with Crippen LogP contribution in [0.15, 0.2) is 67.5 Å². The molecular formula is C32H39N7O3. The maximum Gasteiger partial charge on any atom is 0.247 e. The summed E-state index contributed by atoms with van der Waals surface area (Å²) in [6.45, 7) is 10.3. The van der Waals surface area contributed by atoms with Crippen molar-refractivity contribution in [2.75, 3.05) is 49.8 Å². The Balaban J connectivity index is 1.65. The number of nitrogens with zero attached hydrogens (tertiary/aromatic N) is 5. The third-order valence-corrected chi connectivity index (χ3v) is 7.01. The lowest BCUT2D eigenvalue weighted by Crippen LogP contribution is -2.40. The number of ether oxygens (including phenoxy) is 1. The van der Waals surface area contributed by atoms with Crippen LogP contribution in [0.5, 0.6) is 5.75 Å². The monoisotopic (exact) mass is 569 g/mol. The Bertz CT molecular complexity index is 1620. The second kappa shape index (κ2) is 12.3. The summed E-state index contributed by atoms with van der Waals surface area (Å²) in [6.07, 6.45) is 4.97. The van der Waals surface area contributed by atoms with Crippen LogP contribution in [0.4, 0.5) is 23.0 Å². The van der Waals surface area contributed by atoms with Crippen molar-refractivity contribution in [1.82, 2.24) is 19.4 Å². The highest BCUT2D eigenvalue weighted by molar-refractivity contribution is 6.02. The van der Waals surface area contributed by atoms with E-state index in [4.69, 9.17) is 9.72 Å². The topological polar surface area (TPSA) is 105 Å². The lowest BCUT2D eigenvalue weighted by atomic mass is 9.95. The summed E-state index contributed by atoms with van der Waals surface area (Å²) in [7, 11) is 7.28. The molecule has 0 aliphatic rings. The van der Waals surface area contributed by atoms with E-state index < -0.39 is 5.41 Å². The molecule has 0 fully saturated rings. The van der Waals surface area contributed by atoms with Crippen molar-refractivity contribution in [2.45, 2.75) is 20.8 Å². The van der Waals surface area contributed by atoms with E-state index in [1.807, 2.05) is 64.0 Å². The van der Waals surface area contributed by atoms with Gasteiger partial charge in [0.05, 0.1) is 29.9 Å². The van der Waals surface area contributed by atoms with E-state index in [2.05, 4.69) is 45.1 Å². The van der Waals surface area contributed by atoms with E-state index in [0.29, 0.717) is 36.2 Å². The van der Waals surface area contributed by atoms with Gasteiger partial charge in [0.15, 0.2) is 0 Å². The second-order valence-electron chi connectivity index (χ2n) is 11.2. The molecule has 2 N–H and O–H groups in total. The summed E-state index contributed by atoms with van der Waals surface area (Å²) in [6, 6.07) is 13.7. The van der Waals surface area contributed by atoms with Gasteiger partial charge in [0.25, 0.3) is 0 Å². The van der Waals surface area contributed by atoms with Crippen LogP contribution in [0.1, 0.15) is 20.8 Å². The number of benzene rings is 2. The molecule has 4 rings (SSSR count). The fraction of sp³-hybridized carbons (Fsp3) is 0.312. The number of amides is 2. The molecule has 0 aliphatic carbocycles. The first-order valence-electron chi connectivity index (χ1n) is 13.7. The van der Waals surface area contributed by atoms with Gasteiger partial charge in [-0.3, -0.25) is 9.59 Å². The largest absolute Gasteiger partial charge is 0.494 e. The van der Waals surface area contributed by atoms with Crippen molar-refractivity contribution in [3.63, 3.8) is 0 Å². The zero-order chi connectivity index (χ0) is 30.6. The van der Waals surface area contributed by atoms with E-state index in [0.717, 1.165) is 27.8 Å². The molecule has 10 nitrogen and oxygen atoms in total. The van der Waals surface area contributed by atoms with E-state index >= 15 is 0 Å². The van der Waals surface area contributed by atoms with Crippen LogP contribution in [0.3, 0.4) is 0 Å². The third-order valence-electron chi connectivity index (χ3n) is 7.01. The van der Waals surface area contributed by atoms with Gasteiger partial charge in [0, 0.05) is 74.6 Å². The number of nitrogens with one attached hydrogen (secondary N) is 2. The fourth-order valence-electron chi connectivity index (χ4n) is 4.77. The highest BCUT2D eigenvalue weighted by Crippen LogP contribution is 2.38. The number of aromatic nitrogens is 3. The van der Waals surface area contributed by atoms with Gasteiger partial charge in [-0.1, -0.05) is 45.5 Å². The lowest BCUT2D eigenvalue weighted by Gasteiger charge is -2.29. The third kappa shape index (κ3) is 6.54. The zero-order valence-corrected chi connectivity index (χ0v) is 25.4. The van der Waals surface area contributed by atoms with Crippen molar-refractivity contribution in [1.29, 1.82) is 0 Å². The summed E-state index contributed by atoms with van der Waals surface area (Å²) in [5, 5.41) is 7.26. The van der Waals surface area contributed by atoms with Gasteiger partial charge in [-0.25, -0.2) is 9.97 Å². The SMILES string of the molecule is C=CC(=O)Nc1cc(Nc2nccc(-c3cn(C)c4ccccc34)n2)c(OC)cc1N(C)CCN(C)C(=O)C(C)(C)C. The predicted octanol–water partition coefficient (Wildman–Crippen LogP) is 5.45. The minimum absolute atomic E-state index is 0.0546. The zero-order valence-electron chi connectivity index (χ0n) is 25.4. The molecular weight excluding hydrogens is 530 g/mol. The summed E-state index contributed by atoms with van der Waals surface area (Å²) >= 11 is 0. The van der Waals surface area contributed by atoms with Crippen LogP contribution in [0, 0.1) is 5.41 Å². The van der Waals surface area contributed by atoms with E-state index in [-0.39, 0.29) is 11.8 Å². The molecule has 2 amide bonds. The molecule has 0 atom stereocenters. The molecule has 10 heteroatoms. The van der Waals surface area contributed by atoms with Gasteiger partial charge in [-0.2, -0.15) is 0 Å². The minimum atomic E-state index is -0.472. The summed E-state index contributed by atoms with van der Waals surface area (Å²) < 4.78 is 7.81. The number of fused-ring (bicyclic) bond motifs is 1. The van der Waals surface area contributed by atoms with E-state index in [1.54, 1.807) is 31.3 Å². The van der Waals surface area contributed by atoms with Gasteiger partial charge in [-0.05, 0) is 24.3 Å². The van der Waals surface area contributed by atoms with E-state index in [1.165, 1.54) is 6.08 Å². The highest BCUT2D eigenvalue weighted by Gasteiger charge is 2.25. The first-order valence-corrected chi connectivity index (χ1v) is 13.7. The molecule has 4 aromatic rings. The standard InChI is InChI=1S/C32H39N7O3/c1-9-29(40)34-24-18-25(28(42-8)19-27(24)37(5)16-17-38(6)30(41)32(2,3)4)36-31-33-15-14-23(35-31)22-20-39(7)26-13-11-10-12-21(22)26/h9-15,18-20H,1,16-17H2,2-8H3,(H,34,40)(H,33,35,36). The maximum atomic E-state index is 12.7. The minimum Gasteiger partial charge on any atom is -0.494 e. The summed E-state index contributed by atoms with van der Waals surface area (Å²) in [5.74, 6) is 0.615. The Morgan fingerprint density at radius 2 is 1.83 bits per heavy atom. The highest BCUT2D eigenvalue weighted by atomic mass is 16.5. The normalized spacial score (nSPS) is 11.2. The van der Waals surface area contributed by atoms with Crippen molar-refractivity contribution in [3.05, 3.63) is 67.5 Å². The van der Waals surface area contributed by atoms with Gasteiger partial charge < -0.3 is 29.7 Å². The number of hydrogen-bond acceptors (Lipinski definition) is 7. The number of likely N-dealkylation sites (N-methyl/N-ethyl adjacent to an activating group) is 2. The molecule has 2 aromatic carbocycles. The molecule has 0 aliphatic heterocycles. The summed E-state index contributed by atoms with van der Waals surface area (Å²) in [4.78, 5) is 37.9. The number of methoxy groups -OCH3 is 1. The number of aryl methyl sites for hydroxylation is 1. The molecule has 0 spiro atoms.